The number of amides is 2. The molecule has 1 aliphatic heterocycles. The molecule has 0 aliphatic carbocycles. The summed E-state index contributed by atoms with van der Waals surface area (Å²) in [6.45, 7) is 0. The van der Waals surface area contributed by atoms with E-state index in [0.717, 1.165) is 5.56 Å². The minimum Gasteiger partial charge on any atom is -0.497 e. The highest BCUT2D eigenvalue weighted by atomic mass is 16.5. The van der Waals surface area contributed by atoms with E-state index < -0.39 is 12.0 Å². The SMILES string of the molecule is COC(=O)C[C@H](Cc1ccc(OC)cc1)N1C(=O)c2ccccc2C1=O. The number of imide groups is 1. The van der Waals surface area contributed by atoms with Gasteiger partial charge in [-0.3, -0.25) is 19.3 Å². The first-order valence-corrected chi connectivity index (χ1v) is 8.21. The molecule has 6 nitrogen and oxygen atoms in total. The van der Waals surface area contributed by atoms with Crippen molar-refractivity contribution in [3.8, 4) is 5.75 Å². The smallest absolute Gasteiger partial charge is 0.307 e. The minimum absolute atomic E-state index is 0.0615. The van der Waals surface area contributed by atoms with E-state index in [9.17, 15) is 14.4 Å². The van der Waals surface area contributed by atoms with Gasteiger partial charge in [-0.05, 0) is 36.2 Å². The number of carbonyl (C=O) groups excluding carboxylic acids is 3. The van der Waals surface area contributed by atoms with Gasteiger partial charge in [0.2, 0.25) is 0 Å². The van der Waals surface area contributed by atoms with E-state index in [2.05, 4.69) is 0 Å². The highest BCUT2D eigenvalue weighted by Gasteiger charge is 2.40. The standard InChI is InChI=1S/C20H19NO5/c1-25-15-9-7-13(8-10-15)11-14(12-18(22)26-2)21-19(23)16-5-3-4-6-17(16)20(21)24/h3-10,14H,11-12H2,1-2H3/t14-/m0/s1. The molecule has 6 heteroatoms. The number of carbonyl (C=O) groups is 3. The Morgan fingerprint density at radius 1 is 0.962 bits per heavy atom. The van der Waals surface area contributed by atoms with Crippen LogP contribution in [0.4, 0.5) is 0 Å². The largest absolute Gasteiger partial charge is 0.497 e. The van der Waals surface area contributed by atoms with Crippen LogP contribution in [-0.4, -0.2) is 42.9 Å². The van der Waals surface area contributed by atoms with E-state index >= 15 is 0 Å². The molecule has 2 aromatic carbocycles. The molecule has 0 saturated carbocycles. The van der Waals surface area contributed by atoms with Crippen LogP contribution in [0.2, 0.25) is 0 Å². The predicted molar refractivity (Wildman–Crippen MR) is 94.1 cm³/mol. The summed E-state index contributed by atoms with van der Waals surface area (Å²) in [6, 6.07) is 13.3. The summed E-state index contributed by atoms with van der Waals surface area (Å²) in [7, 11) is 2.86. The second kappa shape index (κ2) is 7.39. The molecule has 0 fully saturated rings. The van der Waals surface area contributed by atoms with Crippen LogP contribution >= 0.6 is 0 Å². The zero-order valence-corrected chi connectivity index (χ0v) is 14.6. The van der Waals surface area contributed by atoms with E-state index in [4.69, 9.17) is 9.47 Å². The molecule has 26 heavy (non-hydrogen) atoms. The van der Waals surface area contributed by atoms with Crippen LogP contribution < -0.4 is 4.74 Å². The Morgan fingerprint density at radius 3 is 2.04 bits per heavy atom. The summed E-state index contributed by atoms with van der Waals surface area (Å²) in [5.74, 6) is -0.528. The van der Waals surface area contributed by atoms with E-state index in [0.29, 0.717) is 23.3 Å². The van der Waals surface area contributed by atoms with Gasteiger partial charge in [-0.2, -0.15) is 0 Å². The average Bonchev–Trinajstić information content (AvgIpc) is 2.92. The second-order valence-electron chi connectivity index (χ2n) is 6.01. The number of hydrogen-bond donors (Lipinski definition) is 0. The lowest BCUT2D eigenvalue weighted by atomic mass is 10.0. The first-order valence-electron chi connectivity index (χ1n) is 8.21. The van der Waals surface area contributed by atoms with Crippen molar-refractivity contribution in [1.29, 1.82) is 0 Å². The zero-order valence-electron chi connectivity index (χ0n) is 14.6. The maximum Gasteiger partial charge on any atom is 0.307 e. The summed E-state index contributed by atoms with van der Waals surface area (Å²) in [4.78, 5) is 38.5. The Hall–Kier alpha value is -3.15. The van der Waals surface area contributed by atoms with Gasteiger partial charge in [0.15, 0.2) is 0 Å². The Bertz CT molecular complexity index is 809. The minimum atomic E-state index is -0.622. The fraction of sp³-hybridized carbons (Fsp3) is 0.250. The lowest BCUT2D eigenvalue weighted by Gasteiger charge is -2.25. The lowest BCUT2D eigenvalue weighted by Crippen LogP contribution is -2.42. The van der Waals surface area contributed by atoms with Crippen LogP contribution in [0.1, 0.15) is 32.7 Å². The van der Waals surface area contributed by atoms with Crippen molar-refractivity contribution in [1.82, 2.24) is 4.90 Å². The van der Waals surface area contributed by atoms with Crippen molar-refractivity contribution in [2.24, 2.45) is 0 Å². The van der Waals surface area contributed by atoms with Gasteiger partial charge in [0.05, 0.1) is 37.8 Å². The first kappa shape index (κ1) is 17.7. The highest BCUT2D eigenvalue weighted by Crippen LogP contribution is 2.27. The molecule has 1 atom stereocenters. The van der Waals surface area contributed by atoms with Crippen LogP contribution in [0, 0.1) is 0 Å². The molecule has 134 valence electrons. The predicted octanol–water partition coefficient (Wildman–Crippen LogP) is 2.47. The van der Waals surface area contributed by atoms with Crippen molar-refractivity contribution in [3.05, 3.63) is 65.2 Å². The van der Waals surface area contributed by atoms with Crippen LogP contribution in [0.5, 0.6) is 5.75 Å². The molecule has 0 spiro atoms. The van der Waals surface area contributed by atoms with E-state index in [-0.39, 0.29) is 18.2 Å². The molecule has 0 radical (unpaired) electrons. The third kappa shape index (κ3) is 3.31. The van der Waals surface area contributed by atoms with Gasteiger partial charge < -0.3 is 9.47 Å². The molecule has 2 amide bonds. The third-order valence-corrected chi connectivity index (χ3v) is 4.45. The van der Waals surface area contributed by atoms with Crippen molar-refractivity contribution in [2.45, 2.75) is 18.9 Å². The van der Waals surface area contributed by atoms with E-state index in [1.807, 2.05) is 12.1 Å². The molecule has 0 bridgehead atoms. The lowest BCUT2D eigenvalue weighted by molar-refractivity contribution is -0.141. The summed E-state index contributed by atoms with van der Waals surface area (Å²) in [5.41, 5.74) is 1.61. The molecule has 0 aromatic heterocycles. The van der Waals surface area contributed by atoms with Gasteiger partial charge in [-0.25, -0.2) is 0 Å². The number of fused-ring (bicyclic) bond motifs is 1. The topological polar surface area (TPSA) is 72.9 Å². The third-order valence-electron chi connectivity index (χ3n) is 4.45. The number of nitrogens with zero attached hydrogens (tertiary/aromatic N) is 1. The number of esters is 1. The maximum atomic E-state index is 12.7. The average molecular weight is 353 g/mol. The van der Waals surface area contributed by atoms with Crippen LogP contribution in [0.15, 0.2) is 48.5 Å². The molecule has 1 heterocycles. The fourth-order valence-corrected chi connectivity index (χ4v) is 3.10. The Kier molecular flexibility index (Phi) is 5.02. The zero-order chi connectivity index (χ0) is 18.7. The quantitative estimate of drug-likeness (QED) is 0.589. The number of methoxy groups -OCH3 is 2. The van der Waals surface area contributed by atoms with Crippen molar-refractivity contribution in [3.63, 3.8) is 0 Å². The number of ether oxygens (including phenoxy) is 2. The fourth-order valence-electron chi connectivity index (χ4n) is 3.10. The van der Waals surface area contributed by atoms with Crippen molar-refractivity contribution in [2.75, 3.05) is 14.2 Å². The Morgan fingerprint density at radius 2 is 1.54 bits per heavy atom. The van der Waals surface area contributed by atoms with Crippen molar-refractivity contribution < 1.29 is 23.9 Å². The van der Waals surface area contributed by atoms with Gasteiger partial charge in [-0.1, -0.05) is 24.3 Å². The monoisotopic (exact) mass is 353 g/mol. The van der Waals surface area contributed by atoms with Gasteiger partial charge in [0, 0.05) is 0 Å². The molecule has 0 N–H and O–H groups in total. The summed E-state index contributed by atoms with van der Waals surface area (Å²) in [5, 5.41) is 0. The summed E-state index contributed by atoms with van der Waals surface area (Å²) in [6.07, 6.45) is 0.290. The van der Waals surface area contributed by atoms with Crippen LogP contribution in [-0.2, 0) is 16.0 Å². The molecule has 0 saturated heterocycles. The summed E-state index contributed by atoms with van der Waals surface area (Å²) < 4.78 is 9.89. The van der Waals surface area contributed by atoms with E-state index in [1.54, 1.807) is 43.5 Å². The second-order valence-corrected chi connectivity index (χ2v) is 6.01. The Labute approximate surface area is 151 Å². The Balaban J connectivity index is 1.90. The van der Waals surface area contributed by atoms with Crippen molar-refractivity contribution >= 4 is 17.8 Å². The summed E-state index contributed by atoms with van der Waals surface area (Å²) >= 11 is 0. The van der Waals surface area contributed by atoms with Gasteiger partial charge in [0.1, 0.15) is 5.75 Å². The molecular formula is C20H19NO5. The van der Waals surface area contributed by atoms with E-state index in [1.165, 1.54) is 12.0 Å². The van der Waals surface area contributed by atoms with Gasteiger partial charge >= 0.3 is 5.97 Å². The molecule has 1 aliphatic rings. The van der Waals surface area contributed by atoms with Gasteiger partial charge in [-0.15, -0.1) is 0 Å². The highest BCUT2D eigenvalue weighted by molar-refractivity contribution is 6.21. The van der Waals surface area contributed by atoms with Crippen LogP contribution in [0.3, 0.4) is 0 Å². The number of hydrogen-bond acceptors (Lipinski definition) is 5. The van der Waals surface area contributed by atoms with Gasteiger partial charge in [0.25, 0.3) is 11.8 Å². The normalized spacial score (nSPS) is 14.2. The molecule has 3 rings (SSSR count). The first-order chi connectivity index (χ1) is 12.5. The number of rotatable bonds is 6. The maximum absolute atomic E-state index is 12.7. The number of benzene rings is 2. The van der Waals surface area contributed by atoms with Crippen LogP contribution in [0.25, 0.3) is 0 Å². The molecule has 2 aromatic rings. The molecule has 0 unspecified atom stereocenters. The molecular weight excluding hydrogens is 334 g/mol.